The third kappa shape index (κ3) is 11.5. The zero-order valence-electron chi connectivity index (χ0n) is 20.4. The second-order valence-corrected chi connectivity index (χ2v) is 8.23. The van der Waals surface area contributed by atoms with Gasteiger partial charge >= 0.3 is 11.9 Å². The van der Waals surface area contributed by atoms with Crippen molar-refractivity contribution in [2.24, 2.45) is 22.2 Å². The van der Waals surface area contributed by atoms with Crippen molar-refractivity contribution >= 4 is 35.6 Å². The molecule has 0 aliphatic rings. The summed E-state index contributed by atoms with van der Waals surface area (Å²) >= 11 is 0. The van der Waals surface area contributed by atoms with Crippen LogP contribution < -0.4 is 33.2 Å². The topological polar surface area (TPSA) is 293 Å². The number of aromatic hydroxyl groups is 1. The molecule has 0 bridgehead atoms. The molecular formula is C22H33N7O9. The highest BCUT2D eigenvalue weighted by molar-refractivity contribution is 5.94. The molecule has 0 saturated heterocycles. The highest BCUT2D eigenvalue weighted by Crippen LogP contribution is 2.12. The smallest absolute Gasteiger partial charge is 0.326 e. The number of nitrogens with zero attached hydrogens (tertiary/aromatic N) is 1. The Morgan fingerprint density at radius 2 is 1.42 bits per heavy atom. The number of aliphatic hydroxyl groups excluding tert-OH is 1. The fourth-order valence-corrected chi connectivity index (χ4v) is 3.12. The van der Waals surface area contributed by atoms with Crippen LogP contribution in [0, 0.1) is 0 Å². The van der Waals surface area contributed by atoms with Crippen LogP contribution in [0.25, 0.3) is 0 Å². The molecule has 0 aliphatic heterocycles. The average molecular weight is 540 g/mol. The molecule has 38 heavy (non-hydrogen) atoms. The van der Waals surface area contributed by atoms with Crippen molar-refractivity contribution in [2.45, 2.75) is 49.9 Å². The molecule has 0 fully saturated rings. The Hall–Kier alpha value is -4.44. The fraction of sp³-hybridized carbons (Fsp3) is 0.455. The first-order valence-corrected chi connectivity index (χ1v) is 11.4. The number of aliphatic hydroxyl groups is 1. The number of carbonyl (C=O) groups is 5. The average Bonchev–Trinajstić information content (AvgIpc) is 2.84. The van der Waals surface area contributed by atoms with Crippen molar-refractivity contribution in [3.63, 3.8) is 0 Å². The van der Waals surface area contributed by atoms with Gasteiger partial charge in [0, 0.05) is 13.0 Å². The van der Waals surface area contributed by atoms with Crippen molar-refractivity contribution in [1.82, 2.24) is 16.0 Å². The molecule has 16 heteroatoms. The van der Waals surface area contributed by atoms with Crippen molar-refractivity contribution in [1.29, 1.82) is 0 Å². The molecule has 1 aromatic rings. The quantitative estimate of drug-likeness (QED) is 0.0552. The number of phenolic OH excluding ortho intramolecular Hbond substituents is 1. The van der Waals surface area contributed by atoms with E-state index in [0.717, 1.165) is 0 Å². The largest absolute Gasteiger partial charge is 0.508 e. The summed E-state index contributed by atoms with van der Waals surface area (Å²) in [7, 11) is 0. The maximum atomic E-state index is 12.9. The molecule has 210 valence electrons. The lowest BCUT2D eigenvalue weighted by Crippen LogP contribution is -2.58. The fourth-order valence-electron chi connectivity index (χ4n) is 3.12. The number of rotatable bonds is 16. The summed E-state index contributed by atoms with van der Waals surface area (Å²) in [4.78, 5) is 64.1. The molecule has 4 atom stereocenters. The van der Waals surface area contributed by atoms with Crippen molar-refractivity contribution in [2.75, 3.05) is 13.2 Å². The number of aliphatic imine (C=N–C) groups is 1. The Kier molecular flexibility index (Phi) is 13.0. The number of nitrogens with one attached hydrogen (secondary N) is 3. The third-order valence-corrected chi connectivity index (χ3v) is 5.12. The van der Waals surface area contributed by atoms with Gasteiger partial charge in [0.1, 0.15) is 23.9 Å². The van der Waals surface area contributed by atoms with Crippen LogP contribution in [0.5, 0.6) is 5.75 Å². The third-order valence-electron chi connectivity index (χ3n) is 5.12. The zero-order valence-corrected chi connectivity index (χ0v) is 20.4. The number of guanidine groups is 1. The van der Waals surface area contributed by atoms with Gasteiger partial charge in [0.05, 0.1) is 19.1 Å². The second-order valence-electron chi connectivity index (χ2n) is 8.23. The number of carboxylic acid groups (broad SMARTS) is 2. The van der Waals surface area contributed by atoms with E-state index in [9.17, 15) is 39.3 Å². The lowest BCUT2D eigenvalue weighted by molar-refractivity contribution is -0.147. The predicted octanol–water partition coefficient (Wildman–Crippen LogP) is -3.68. The van der Waals surface area contributed by atoms with Crippen LogP contribution in [0.2, 0.25) is 0 Å². The SMILES string of the molecule is NC(N)=NCCCC(N)C(=O)NC(CO)C(=O)NC(Cc1ccc(O)cc1)C(=O)NC(CC(=O)O)C(=O)O. The Morgan fingerprint density at radius 1 is 0.868 bits per heavy atom. The van der Waals surface area contributed by atoms with E-state index in [2.05, 4.69) is 20.9 Å². The van der Waals surface area contributed by atoms with Gasteiger partial charge < -0.3 is 53.6 Å². The number of carbonyl (C=O) groups excluding carboxylic acids is 3. The lowest BCUT2D eigenvalue weighted by Gasteiger charge is -2.24. The minimum absolute atomic E-state index is 0.0659. The Labute approximate surface area is 217 Å². The van der Waals surface area contributed by atoms with Gasteiger partial charge in [-0.15, -0.1) is 0 Å². The molecular weight excluding hydrogens is 506 g/mol. The molecule has 1 rings (SSSR count). The van der Waals surface area contributed by atoms with E-state index in [-0.39, 0.29) is 31.1 Å². The van der Waals surface area contributed by atoms with Gasteiger partial charge in [-0.3, -0.25) is 24.2 Å². The molecule has 0 heterocycles. The van der Waals surface area contributed by atoms with Gasteiger partial charge in [0.25, 0.3) is 0 Å². The number of hydrogen-bond donors (Lipinski definition) is 10. The molecule has 16 nitrogen and oxygen atoms in total. The first-order valence-electron chi connectivity index (χ1n) is 11.4. The maximum absolute atomic E-state index is 12.9. The Balaban J connectivity index is 2.97. The van der Waals surface area contributed by atoms with Gasteiger partial charge in [0.2, 0.25) is 17.7 Å². The van der Waals surface area contributed by atoms with E-state index in [1.165, 1.54) is 24.3 Å². The lowest BCUT2D eigenvalue weighted by atomic mass is 10.0. The molecule has 1 aromatic carbocycles. The number of carboxylic acids is 2. The number of benzene rings is 1. The standard InChI is InChI=1S/C22H33N7O9/c23-13(2-1-7-26-22(24)25)18(34)29-16(10-30)20(36)27-14(8-11-3-5-12(31)6-4-11)19(35)28-15(21(37)38)9-17(32)33/h3-6,13-16,30-31H,1-2,7-10,23H2,(H,27,36)(H,28,35)(H,29,34)(H,32,33)(H,37,38)(H4,24,25,26). The van der Waals surface area contributed by atoms with Gasteiger partial charge in [0.15, 0.2) is 5.96 Å². The first kappa shape index (κ1) is 31.6. The summed E-state index contributed by atoms with van der Waals surface area (Å²) in [5.74, 6) is -6.06. The molecule has 4 unspecified atom stereocenters. The van der Waals surface area contributed by atoms with E-state index >= 15 is 0 Å². The predicted molar refractivity (Wildman–Crippen MR) is 132 cm³/mol. The van der Waals surface area contributed by atoms with Crippen molar-refractivity contribution in [3.05, 3.63) is 29.8 Å². The second kappa shape index (κ2) is 15.6. The van der Waals surface area contributed by atoms with E-state index in [0.29, 0.717) is 12.0 Å². The van der Waals surface area contributed by atoms with Gasteiger partial charge in [-0.1, -0.05) is 12.1 Å². The minimum atomic E-state index is -1.79. The molecule has 0 aliphatic carbocycles. The molecule has 13 N–H and O–H groups in total. The van der Waals surface area contributed by atoms with Gasteiger partial charge in [-0.25, -0.2) is 4.79 Å². The zero-order chi connectivity index (χ0) is 28.8. The molecule has 0 radical (unpaired) electrons. The summed E-state index contributed by atoms with van der Waals surface area (Å²) in [5.41, 5.74) is 16.7. The van der Waals surface area contributed by atoms with Crippen molar-refractivity contribution < 1.29 is 44.4 Å². The molecule has 0 spiro atoms. The van der Waals surface area contributed by atoms with Crippen LogP contribution in [-0.2, 0) is 30.4 Å². The summed E-state index contributed by atoms with van der Waals surface area (Å²) in [6, 6.07) is -0.276. The Bertz CT molecular complexity index is 1010. The number of hydrogen-bond acceptors (Lipinski definition) is 9. The molecule has 3 amide bonds. The highest BCUT2D eigenvalue weighted by Gasteiger charge is 2.31. The molecule has 0 aromatic heterocycles. The van der Waals surface area contributed by atoms with Crippen LogP contribution in [0.1, 0.15) is 24.8 Å². The Morgan fingerprint density at radius 3 is 1.95 bits per heavy atom. The van der Waals surface area contributed by atoms with E-state index < -0.39 is 66.9 Å². The first-order chi connectivity index (χ1) is 17.8. The monoisotopic (exact) mass is 539 g/mol. The normalized spacial score (nSPS) is 13.7. The van der Waals surface area contributed by atoms with Crippen molar-refractivity contribution in [3.8, 4) is 5.75 Å². The van der Waals surface area contributed by atoms with E-state index in [4.69, 9.17) is 22.3 Å². The van der Waals surface area contributed by atoms with Gasteiger partial charge in [-0.05, 0) is 30.5 Å². The van der Waals surface area contributed by atoms with Gasteiger partial charge in [-0.2, -0.15) is 0 Å². The van der Waals surface area contributed by atoms with Crippen LogP contribution in [0.4, 0.5) is 0 Å². The summed E-state index contributed by atoms with van der Waals surface area (Å²) in [6.07, 6.45) is -0.599. The number of amides is 3. The summed E-state index contributed by atoms with van der Waals surface area (Å²) in [5, 5.41) is 43.9. The summed E-state index contributed by atoms with van der Waals surface area (Å²) in [6.45, 7) is -0.636. The minimum Gasteiger partial charge on any atom is -0.508 e. The van der Waals surface area contributed by atoms with Crippen LogP contribution in [0.3, 0.4) is 0 Å². The van der Waals surface area contributed by atoms with Crippen LogP contribution in [0.15, 0.2) is 29.3 Å². The molecule has 0 saturated carbocycles. The number of nitrogens with two attached hydrogens (primary N) is 3. The maximum Gasteiger partial charge on any atom is 0.326 e. The highest BCUT2D eigenvalue weighted by atomic mass is 16.4. The van der Waals surface area contributed by atoms with Crippen LogP contribution in [-0.4, -0.2) is 93.4 Å². The van der Waals surface area contributed by atoms with E-state index in [1.807, 2.05) is 0 Å². The summed E-state index contributed by atoms with van der Waals surface area (Å²) < 4.78 is 0. The number of aliphatic carboxylic acids is 2. The number of phenols is 1. The van der Waals surface area contributed by atoms with E-state index in [1.54, 1.807) is 0 Å². The van der Waals surface area contributed by atoms with Crippen LogP contribution >= 0.6 is 0 Å².